The topological polar surface area (TPSA) is 59.2 Å². The van der Waals surface area contributed by atoms with Crippen LogP contribution in [0.5, 0.6) is 0 Å². The molecule has 1 aromatic heterocycles. The highest BCUT2D eigenvalue weighted by molar-refractivity contribution is 7.09. The Kier molecular flexibility index (Phi) is 4.87. The molecule has 0 saturated carbocycles. The second kappa shape index (κ2) is 6.63. The molecule has 0 radical (unpaired) electrons. The van der Waals surface area contributed by atoms with Gasteiger partial charge in [0.2, 0.25) is 0 Å². The number of benzene rings is 1. The number of hydrogen-bond donors (Lipinski definition) is 1. The third-order valence-corrected chi connectivity index (χ3v) is 3.94. The highest BCUT2D eigenvalue weighted by atomic mass is 32.1. The molecule has 20 heavy (non-hydrogen) atoms. The van der Waals surface area contributed by atoms with Crippen molar-refractivity contribution in [3.05, 3.63) is 45.9 Å². The first-order valence-corrected chi connectivity index (χ1v) is 7.56. The number of hydrogen-bond acceptors (Lipinski definition) is 4. The zero-order valence-electron chi connectivity index (χ0n) is 11.8. The van der Waals surface area contributed by atoms with Crippen molar-refractivity contribution in [3.8, 4) is 0 Å². The number of amides is 1. The number of thiazole rings is 1. The van der Waals surface area contributed by atoms with Gasteiger partial charge in [-0.25, -0.2) is 4.98 Å². The number of carbonyl (C=O) groups is 1. The van der Waals surface area contributed by atoms with Crippen LogP contribution in [0.3, 0.4) is 0 Å². The minimum absolute atomic E-state index is 0.0594. The normalized spacial score (nSPS) is 10.6. The predicted octanol–water partition coefficient (Wildman–Crippen LogP) is 2.62. The van der Waals surface area contributed by atoms with E-state index in [0.717, 1.165) is 10.7 Å². The van der Waals surface area contributed by atoms with Crippen LogP contribution in [0.15, 0.2) is 29.6 Å². The van der Waals surface area contributed by atoms with E-state index >= 15 is 0 Å². The Morgan fingerprint density at radius 1 is 1.35 bits per heavy atom. The summed E-state index contributed by atoms with van der Waals surface area (Å²) in [5, 5.41) is 2.72. The lowest BCUT2D eigenvalue weighted by Crippen LogP contribution is -2.30. The monoisotopic (exact) mass is 289 g/mol. The van der Waals surface area contributed by atoms with Crippen LogP contribution in [0.2, 0.25) is 0 Å². The van der Waals surface area contributed by atoms with Crippen LogP contribution in [0.4, 0.5) is 5.69 Å². The van der Waals surface area contributed by atoms with Gasteiger partial charge in [-0.05, 0) is 32.5 Å². The van der Waals surface area contributed by atoms with E-state index in [0.29, 0.717) is 25.2 Å². The second-order valence-electron chi connectivity index (χ2n) is 4.55. The van der Waals surface area contributed by atoms with Gasteiger partial charge in [0.05, 0.1) is 5.01 Å². The zero-order chi connectivity index (χ0) is 14.5. The summed E-state index contributed by atoms with van der Waals surface area (Å²) < 4.78 is 0. The smallest absolute Gasteiger partial charge is 0.277 e. The van der Waals surface area contributed by atoms with Crippen LogP contribution in [0.25, 0.3) is 0 Å². The lowest BCUT2D eigenvalue weighted by Gasteiger charge is -2.20. The average Bonchev–Trinajstić information content (AvgIpc) is 2.90. The molecule has 5 heteroatoms. The average molecular weight is 289 g/mol. The SMILES string of the molecule is CCN(C(=O)c1csc(CCN)n1)c1ccc(C)cc1. The number of nitrogens with zero attached hydrogens (tertiary/aromatic N) is 2. The Bertz CT molecular complexity index is 577. The fraction of sp³-hybridized carbons (Fsp3) is 0.333. The summed E-state index contributed by atoms with van der Waals surface area (Å²) in [5.41, 5.74) is 8.09. The summed E-state index contributed by atoms with van der Waals surface area (Å²) in [6, 6.07) is 7.94. The van der Waals surface area contributed by atoms with Gasteiger partial charge in [-0.15, -0.1) is 11.3 Å². The van der Waals surface area contributed by atoms with E-state index < -0.39 is 0 Å². The molecule has 2 aromatic rings. The Hall–Kier alpha value is -1.72. The van der Waals surface area contributed by atoms with E-state index in [1.165, 1.54) is 16.9 Å². The van der Waals surface area contributed by atoms with E-state index in [4.69, 9.17) is 5.73 Å². The number of carbonyl (C=O) groups excluding carboxylic acids is 1. The number of rotatable bonds is 5. The van der Waals surface area contributed by atoms with Crippen molar-refractivity contribution < 1.29 is 4.79 Å². The zero-order valence-corrected chi connectivity index (χ0v) is 12.6. The number of nitrogens with two attached hydrogens (primary N) is 1. The van der Waals surface area contributed by atoms with E-state index in [1.54, 1.807) is 4.90 Å². The molecule has 0 spiro atoms. The molecule has 0 unspecified atom stereocenters. The molecule has 1 amide bonds. The third kappa shape index (κ3) is 3.23. The van der Waals surface area contributed by atoms with Gasteiger partial charge in [-0.1, -0.05) is 17.7 Å². The molecule has 1 heterocycles. The maximum Gasteiger partial charge on any atom is 0.277 e. The summed E-state index contributed by atoms with van der Waals surface area (Å²) in [5.74, 6) is -0.0594. The molecule has 0 aliphatic carbocycles. The molecule has 2 rings (SSSR count). The van der Waals surface area contributed by atoms with Gasteiger partial charge < -0.3 is 10.6 Å². The standard InChI is InChI=1S/C15H19N3OS/c1-3-18(12-6-4-11(2)5-7-12)15(19)13-10-20-14(17-13)8-9-16/h4-7,10H,3,8-9,16H2,1-2H3. The van der Waals surface area contributed by atoms with Crippen molar-refractivity contribution in [2.45, 2.75) is 20.3 Å². The Morgan fingerprint density at radius 2 is 2.05 bits per heavy atom. The lowest BCUT2D eigenvalue weighted by molar-refractivity contribution is 0.0984. The van der Waals surface area contributed by atoms with Crippen LogP contribution >= 0.6 is 11.3 Å². The van der Waals surface area contributed by atoms with Gasteiger partial charge >= 0.3 is 0 Å². The number of aromatic nitrogens is 1. The molecule has 0 fully saturated rings. The Balaban J connectivity index is 2.21. The predicted molar refractivity (Wildman–Crippen MR) is 83.4 cm³/mol. The quantitative estimate of drug-likeness (QED) is 0.920. The number of aryl methyl sites for hydroxylation is 1. The summed E-state index contributed by atoms with van der Waals surface area (Å²) in [4.78, 5) is 18.6. The van der Waals surface area contributed by atoms with Crippen LogP contribution in [-0.2, 0) is 6.42 Å². The molecule has 0 aliphatic heterocycles. The minimum Gasteiger partial charge on any atom is -0.330 e. The number of anilines is 1. The van der Waals surface area contributed by atoms with Crippen molar-refractivity contribution in [1.82, 2.24) is 4.98 Å². The molecule has 1 aromatic carbocycles. The first-order valence-electron chi connectivity index (χ1n) is 6.68. The molecule has 106 valence electrons. The summed E-state index contributed by atoms with van der Waals surface area (Å²) in [6.45, 7) is 5.16. The molecule has 0 atom stereocenters. The largest absolute Gasteiger partial charge is 0.330 e. The van der Waals surface area contributed by atoms with E-state index in [1.807, 2.05) is 43.5 Å². The maximum atomic E-state index is 12.5. The lowest BCUT2D eigenvalue weighted by atomic mass is 10.2. The highest BCUT2D eigenvalue weighted by Crippen LogP contribution is 2.19. The van der Waals surface area contributed by atoms with Gasteiger partial charge in [0, 0.05) is 24.0 Å². The van der Waals surface area contributed by atoms with E-state index in [2.05, 4.69) is 4.98 Å². The van der Waals surface area contributed by atoms with Crippen molar-refractivity contribution in [2.24, 2.45) is 5.73 Å². The fourth-order valence-electron chi connectivity index (χ4n) is 1.95. The Morgan fingerprint density at radius 3 is 2.65 bits per heavy atom. The van der Waals surface area contributed by atoms with Gasteiger partial charge in [-0.3, -0.25) is 4.79 Å². The second-order valence-corrected chi connectivity index (χ2v) is 5.49. The molecule has 2 N–H and O–H groups in total. The van der Waals surface area contributed by atoms with Crippen molar-refractivity contribution in [3.63, 3.8) is 0 Å². The summed E-state index contributed by atoms with van der Waals surface area (Å²) in [7, 11) is 0. The van der Waals surface area contributed by atoms with Gasteiger partial charge in [0.15, 0.2) is 0 Å². The molecule has 0 aliphatic rings. The maximum absolute atomic E-state index is 12.5. The molecule has 0 saturated heterocycles. The van der Waals surface area contributed by atoms with E-state index in [-0.39, 0.29) is 5.91 Å². The van der Waals surface area contributed by atoms with Crippen LogP contribution in [0, 0.1) is 6.92 Å². The van der Waals surface area contributed by atoms with Crippen molar-refractivity contribution in [1.29, 1.82) is 0 Å². The van der Waals surface area contributed by atoms with Crippen LogP contribution < -0.4 is 10.6 Å². The van der Waals surface area contributed by atoms with Gasteiger partial charge in [-0.2, -0.15) is 0 Å². The van der Waals surface area contributed by atoms with E-state index in [9.17, 15) is 4.79 Å². The highest BCUT2D eigenvalue weighted by Gasteiger charge is 2.18. The minimum atomic E-state index is -0.0594. The summed E-state index contributed by atoms with van der Waals surface area (Å²) >= 11 is 1.49. The van der Waals surface area contributed by atoms with Crippen LogP contribution in [-0.4, -0.2) is 24.0 Å². The molecule has 4 nitrogen and oxygen atoms in total. The molecular formula is C15H19N3OS. The first-order chi connectivity index (χ1) is 9.65. The fourth-order valence-corrected chi connectivity index (χ4v) is 2.74. The Labute approximate surface area is 123 Å². The molecular weight excluding hydrogens is 270 g/mol. The van der Waals surface area contributed by atoms with Crippen LogP contribution in [0.1, 0.15) is 28.0 Å². The third-order valence-electron chi connectivity index (χ3n) is 3.04. The summed E-state index contributed by atoms with van der Waals surface area (Å²) in [6.07, 6.45) is 0.717. The van der Waals surface area contributed by atoms with Crippen molar-refractivity contribution >= 4 is 22.9 Å². The van der Waals surface area contributed by atoms with Gasteiger partial charge in [0.1, 0.15) is 5.69 Å². The van der Waals surface area contributed by atoms with Gasteiger partial charge in [0.25, 0.3) is 5.91 Å². The first kappa shape index (κ1) is 14.7. The van der Waals surface area contributed by atoms with Crippen molar-refractivity contribution in [2.75, 3.05) is 18.0 Å². The molecule has 0 bridgehead atoms.